The molecule has 1 amide bonds. The topological polar surface area (TPSA) is 53.9 Å². The van der Waals surface area contributed by atoms with E-state index in [0.717, 1.165) is 31.5 Å². The zero-order valence-electron chi connectivity index (χ0n) is 15.3. The number of hydrogen-bond acceptors (Lipinski definition) is 3. The zero-order chi connectivity index (χ0) is 19.5. The van der Waals surface area contributed by atoms with Crippen molar-refractivity contribution in [2.75, 3.05) is 13.1 Å². The molecule has 2 heterocycles. The molecule has 0 atom stereocenters. The van der Waals surface area contributed by atoms with E-state index in [1.807, 2.05) is 23.1 Å². The molecule has 5 nitrogen and oxygen atoms in total. The van der Waals surface area contributed by atoms with Gasteiger partial charge in [-0.15, -0.1) is 0 Å². The highest BCUT2D eigenvalue weighted by Crippen LogP contribution is 2.28. The number of nitrogens with one attached hydrogen (secondary N) is 1. The minimum absolute atomic E-state index is 0.0687. The van der Waals surface area contributed by atoms with Crippen molar-refractivity contribution in [1.82, 2.24) is 19.7 Å². The van der Waals surface area contributed by atoms with Gasteiger partial charge in [-0.3, -0.25) is 14.5 Å². The minimum atomic E-state index is 0.0687. The van der Waals surface area contributed by atoms with Crippen molar-refractivity contribution in [3.05, 3.63) is 70.0 Å². The van der Waals surface area contributed by atoms with E-state index in [4.69, 9.17) is 23.8 Å². The van der Waals surface area contributed by atoms with E-state index in [1.165, 1.54) is 5.56 Å². The summed E-state index contributed by atoms with van der Waals surface area (Å²) in [4.78, 5) is 14.8. The molecule has 1 aliphatic rings. The summed E-state index contributed by atoms with van der Waals surface area (Å²) in [6.45, 7) is 1.71. The van der Waals surface area contributed by atoms with Crippen LogP contribution in [0.3, 0.4) is 0 Å². The molecule has 0 saturated carbocycles. The monoisotopic (exact) mass is 412 g/mol. The van der Waals surface area contributed by atoms with E-state index < -0.39 is 0 Å². The Morgan fingerprint density at radius 3 is 2.46 bits per heavy atom. The molecule has 1 aromatic heterocycles. The molecule has 2 aromatic carbocycles. The van der Waals surface area contributed by atoms with Crippen molar-refractivity contribution >= 4 is 29.7 Å². The number of aromatic amines is 1. The van der Waals surface area contributed by atoms with Gasteiger partial charge >= 0.3 is 0 Å². The lowest BCUT2D eigenvalue weighted by atomic mass is 9.89. The van der Waals surface area contributed by atoms with Gasteiger partial charge in [0.25, 0.3) is 0 Å². The maximum absolute atomic E-state index is 12.9. The Bertz CT molecular complexity index is 1000. The van der Waals surface area contributed by atoms with Crippen LogP contribution in [0.4, 0.5) is 0 Å². The number of nitrogens with zero attached hydrogens (tertiary/aromatic N) is 3. The second-order valence-corrected chi connectivity index (χ2v) is 7.83. The fraction of sp³-hybridized carbons (Fsp3) is 0.286. The largest absolute Gasteiger partial charge is 0.341 e. The van der Waals surface area contributed by atoms with Gasteiger partial charge in [0.05, 0.1) is 0 Å². The molecule has 144 valence electrons. The van der Waals surface area contributed by atoms with Gasteiger partial charge in [0, 0.05) is 23.7 Å². The second kappa shape index (κ2) is 8.29. The number of likely N-dealkylation sites (tertiary alicyclic amines) is 1. The number of carbonyl (C=O) groups excluding carboxylic acids is 1. The summed E-state index contributed by atoms with van der Waals surface area (Å²) in [6.07, 6.45) is 1.97. The Balaban J connectivity index is 1.44. The number of carbonyl (C=O) groups is 1. The minimum Gasteiger partial charge on any atom is -0.341 e. The standard InChI is InChI=1S/C21H21ClN4OS/c22-18-8-6-17(7-9-18)20-23-24-21(28)26(20)14-19(27)25-12-10-16(11-13-25)15-4-2-1-3-5-15/h1-9,16H,10-14H2,(H,24,28). The molecule has 0 aliphatic carbocycles. The molecule has 0 bridgehead atoms. The van der Waals surface area contributed by atoms with Gasteiger partial charge in [0.15, 0.2) is 10.6 Å². The van der Waals surface area contributed by atoms with Gasteiger partial charge in [-0.2, -0.15) is 5.10 Å². The summed E-state index contributed by atoms with van der Waals surface area (Å²) in [5.41, 5.74) is 2.23. The first-order valence-electron chi connectivity index (χ1n) is 9.35. The lowest BCUT2D eigenvalue weighted by Crippen LogP contribution is -2.39. The molecule has 1 aliphatic heterocycles. The van der Waals surface area contributed by atoms with Crippen LogP contribution in [0.2, 0.25) is 5.02 Å². The number of H-pyrrole nitrogens is 1. The molecule has 0 radical (unpaired) electrons. The summed E-state index contributed by atoms with van der Waals surface area (Å²) in [7, 11) is 0. The zero-order valence-corrected chi connectivity index (χ0v) is 16.9. The highest BCUT2D eigenvalue weighted by molar-refractivity contribution is 7.71. The Morgan fingerprint density at radius 2 is 1.79 bits per heavy atom. The maximum atomic E-state index is 12.9. The molecule has 4 rings (SSSR count). The van der Waals surface area contributed by atoms with Crippen LogP contribution in [0.5, 0.6) is 0 Å². The highest BCUT2D eigenvalue weighted by atomic mass is 35.5. The first-order valence-corrected chi connectivity index (χ1v) is 10.1. The molecule has 3 aromatic rings. The average Bonchev–Trinajstić information content (AvgIpc) is 3.09. The number of piperidine rings is 1. The SMILES string of the molecule is O=C(Cn1c(-c2ccc(Cl)cc2)n[nH]c1=S)N1CCC(c2ccccc2)CC1. The normalized spacial score (nSPS) is 15.0. The van der Waals surface area contributed by atoms with Crippen molar-refractivity contribution in [3.63, 3.8) is 0 Å². The second-order valence-electron chi connectivity index (χ2n) is 7.01. The van der Waals surface area contributed by atoms with Crippen LogP contribution in [-0.4, -0.2) is 38.7 Å². The van der Waals surface area contributed by atoms with Gasteiger partial charge in [-0.25, -0.2) is 0 Å². The number of hydrogen-bond donors (Lipinski definition) is 1. The fourth-order valence-electron chi connectivity index (χ4n) is 3.71. The van der Waals surface area contributed by atoms with Gasteiger partial charge in [0.1, 0.15) is 6.54 Å². The van der Waals surface area contributed by atoms with E-state index in [0.29, 0.717) is 21.5 Å². The predicted octanol–water partition coefficient (Wildman–Crippen LogP) is 4.67. The molecular formula is C21H21ClN4OS. The quantitative estimate of drug-likeness (QED) is 0.633. The average molecular weight is 413 g/mol. The smallest absolute Gasteiger partial charge is 0.242 e. The van der Waals surface area contributed by atoms with E-state index in [-0.39, 0.29) is 12.5 Å². The fourth-order valence-corrected chi connectivity index (χ4v) is 4.03. The molecule has 0 spiro atoms. The lowest BCUT2D eigenvalue weighted by molar-refractivity contribution is -0.132. The molecule has 1 fully saturated rings. The highest BCUT2D eigenvalue weighted by Gasteiger charge is 2.24. The summed E-state index contributed by atoms with van der Waals surface area (Å²) < 4.78 is 2.20. The van der Waals surface area contributed by atoms with Crippen molar-refractivity contribution < 1.29 is 4.79 Å². The van der Waals surface area contributed by atoms with Crippen LogP contribution in [0.25, 0.3) is 11.4 Å². The van der Waals surface area contributed by atoms with Crippen molar-refractivity contribution in [2.45, 2.75) is 25.3 Å². The van der Waals surface area contributed by atoms with Crippen LogP contribution >= 0.6 is 23.8 Å². The molecule has 1 N–H and O–H groups in total. The van der Waals surface area contributed by atoms with Crippen LogP contribution in [0.1, 0.15) is 24.3 Å². The third kappa shape index (κ3) is 4.03. The van der Waals surface area contributed by atoms with Crippen LogP contribution in [0.15, 0.2) is 54.6 Å². The van der Waals surface area contributed by atoms with Crippen molar-refractivity contribution in [3.8, 4) is 11.4 Å². The molecular weight excluding hydrogens is 392 g/mol. The van der Waals surface area contributed by atoms with Crippen LogP contribution in [0, 0.1) is 4.77 Å². The number of amides is 1. The van der Waals surface area contributed by atoms with Gasteiger partial charge < -0.3 is 4.90 Å². The van der Waals surface area contributed by atoms with E-state index in [1.54, 1.807) is 16.7 Å². The third-order valence-electron chi connectivity index (χ3n) is 5.27. The lowest BCUT2D eigenvalue weighted by Gasteiger charge is -2.32. The Hall–Kier alpha value is -2.44. The first kappa shape index (κ1) is 18.9. The van der Waals surface area contributed by atoms with E-state index in [9.17, 15) is 4.79 Å². The molecule has 0 unspecified atom stereocenters. The predicted molar refractivity (Wildman–Crippen MR) is 113 cm³/mol. The number of benzene rings is 2. The van der Waals surface area contributed by atoms with Crippen molar-refractivity contribution in [2.24, 2.45) is 0 Å². The number of rotatable bonds is 4. The van der Waals surface area contributed by atoms with Gasteiger partial charge in [0.2, 0.25) is 5.91 Å². The molecule has 7 heteroatoms. The van der Waals surface area contributed by atoms with Gasteiger partial charge in [-0.05, 0) is 60.8 Å². The number of halogens is 1. The molecule has 28 heavy (non-hydrogen) atoms. The number of aromatic nitrogens is 3. The third-order valence-corrected chi connectivity index (χ3v) is 5.84. The van der Waals surface area contributed by atoms with Crippen LogP contribution in [-0.2, 0) is 11.3 Å². The molecule has 1 saturated heterocycles. The van der Waals surface area contributed by atoms with E-state index >= 15 is 0 Å². The van der Waals surface area contributed by atoms with Crippen LogP contribution < -0.4 is 0 Å². The summed E-state index contributed by atoms with van der Waals surface area (Å²) in [6, 6.07) is 17.9. The van der Waals surface area contributed by atoms with E-state index in [2.05, 4.69) is 34.5 Å². The summed E-state index contributed by atoms with van der Waals surface area (Å²) in [5, 5.41) is 7.75. The summed E-state index contributed by atoms with van der Waals surface area (Å²) in [5.74, 6) is 1.24. The Morgan fingerprint density at radius 1 is 1.11 bits per heavy atom. The Kier molecular flexibility index (Phi) is 5.59. The van der Waals surface area contributed by atoms with Gasteiger partial charge in [-0.1, -0.05) is 41.9 Å². The maximum Gasteiger partial charge on any atom is 0.242 e. The Labute approximate surface area is 174 Å². The summed E-state index contributed by atoms with van der Waals surface area (Å²) >= 11 is 11.3. The first-order chi connectivity index (χ1) is 13.6. The van der Waals surface area contributed by atoms with Crippen molar-refractivity contribution in [1.29, 1.82) is 0 Å².